The van der Waals surface area contributed by atoms with E-state index < -0.39 is 23.4 Å². The Hall–Kier alpha value is -4.15. The van der Waals surface area contributed by atoms with Gasteiger partial charge in [-0.2, -0.15) is 13.2 Å². The number of alkyl halides is 3. The number of nitrogens with zero attached hydrogens (tertiary/aromatic N) is 4. The van der Waals surface area contributed by atoms with Crippen molar-refractivity contribution in [2.75, 3.05) is 13.1 Å². The zero-order valence-corrected chi connectivity index (χ0v) is 24.4. The SMILES string of the molecule is C=C(O/N=C(/c1cccc(C(F)(F)F)c1)C(C)C)c1c(C)nc(C)nc1C1CCN(C(=O)Cc2c(F)cccc2F)CC1. The third kappa shape index (κ3) is 7.44. The number of hydrogen-bond acceptors (Lipinski definition) is 5. The van der Waals surface area contributed by atoms with E-state index in [-0.39, 0.29) is 41.0 Å². The van der Waals surface area contributed by atoms with Gasteiger partial charge in [0, 0.05) is 30.1 Å². The van der Waals surface area contributed by atoms with Crippen molar-refractivity contribution in [2.45, 2.75) is 59.1 Å². The van der Waals surface area contributed by atoms with Crippen LogP contribution in [0.5, 0.6) is 0 Å². The van der Waals surface area contributed by atoms with E-state index in [1.165, 1.54) is 12.1 Å². The minimum absolute atomic E-state index is 0.0954. The second-order valence-electron chi connectivity index (χ2n) is 10.9. The van der Waals surface area contributed by atoms with Gasteiger partial charge in [0.25, 0.3) is 0 Å². The maximum Gasteiger partial charge on any atom is 0.416 e. The third-order valence-corrected chi connectivity index (χ3v) is 7.42. The molecule has 0 unspecified atom stereocenters. The lowest BCUT2D eigenvalue weighted by atomic mass is 9.89. The average molecular weight is 601 g/mol. The Morgan fingerprint density at radius 2 is 1.70 bits per heavy atom. The van der Waals surface area contributed by atoms with Gasteiger partial charge in [-0.1, -0.05) is 43.8 Å². The Kier molecular flexibility index (Phi) is 9.62. The van der Waals surface area contributed by atoms with Gasteiger partial charge in [-0.15, -0.1) is 0 Å². The molecule has 1 amide bonds. The molecule has 1 saturated heterocycles. The number of amides is 1. The van der Waals surface area contributed by atoms with Gasteiger partial charge in [0.15, 0.2) is 5.76 Å². The van der Waals surface area contributed by atoms with Gasteiger partial charge in [0.2, 0.25) is 5.91 Å². The predicted molar refractivity (Wildman–Crippen MR) is 153 cm³/mol. The third-order valence-electron chi connectivity index (χ3n) is 7.42. The summed E-state index contributed by atoms with van der Waals surface area (Å²) >= 11 is 0. The van der Waals surface area contributed by atoms with Crippen LogP contribution >= 0.6 is 0 Å². The van der Waals surface area contributed by atoms with Crippen LogP contribution in [0.15, 0.2) is 54.2 Å². The van der Waals surface area contributed by atoms with E-state index >= 15 is 0 Å². The number of oxime groups is 1. The van der Waals surface area contributed by atoms with Gasteiger partial charge in [0.05, 0.1) is 34.6 Å². The molecule has 1 fully saturated rings. The largest absolute Gasteiger partial charge is 0.416 e. The molecule has 0 radical (unpaired) electrons. The van der Waals surface area contributed by atoms with E-state index in [2.05, 4.69) is 21.7 Å². The van der Waals surface area contributed by atoms with E-state index in [1.54, 1.807) is 38.7 Å². The maximum absolute atomic E-state index is 14.1. The molecule has 1 aromatic heterocycles. The highest BCUT2D eigenvalue weighted by atomic mass is 19.4. The summed E-state index contributed by atoms with van der Waals surface area (Å²) in [5.74, 6) is -1.55. The maximum atomic E-state index is 14.1. The molecule has 0 saturated carbocycles. The quantitative estimate of drug-likeness (QED) is 0.117. The zero-order valence-electron chi connectivity index (χ0n) is 24.4. The molecule has 0 N–H and O–H groups in total. The summed E-state index contributed by atoms with van der Waals surface area (Å²) in [4.78, 5) is 29.3. The first-order valence-corrected chi connectivity index (χ1v) is 13.9. The Labute approximate surface area is 247 Å². The highest BCUT2D eigenvalue weighted by molar-refractivity contribution is 6.01. The number of carbonyl (C=O) groups is 1. The molecule has 0 spiro atoms. The molecular formula is C32H33F5N4O2. The summed E-state index contributed by atoms with van der Waals surface area (Å²) in [7, 11) is 0. The molecule has 228 valence electrons. The van der Waals surface area contributed by atoms with E-state index in [9.17, 15) is 26.7 Å². The second-order valence-corrected chi connectivity index (χ2v) is 10.9. The fourth-order valence-corrected chi connectivity index (χ4v) is 5.24. The molecule has 11 heteroatoms. The Bertz CT molecular complexity index is 1520. The van der Waals surface area contributed by atoms with Crippen molar-refractivity contribution < 1.29 is 31.6 Å². The van der Waals surface area contributed by atoms with Gasteiger partial charge in [0.1, 0.15) is 17.5 Å². The topological polar surface area (TPSA) is 67.7 Å². The summed E-state index contributed by atoms with van der Waals surface area (Å²) in [6, 6.07) is 8.41. The summed E-state index contributed by atoms with van der Waals surface area (Å²) in [6.45, 7) is 11.9. The molecular weight excluding hydrogens is 567 g/mol. The van der Waals surface area contributed by atoms with Gasteiger partial charge in [-0.05, 0) is 56.9 Å². The molecule has 2 heterocycles. The number of rotatable bonds is 8. The van der Waals surface area contributed by atoms with Crippen LogP contribution in [0.1, 0.15) is 72.1 Å². The number of likely N-dealkylation sites (tertiary alicyclic amines) is 1. The molecule has 6 nitrogen and oxygen atoms in total. The normalized spacial score (nSPS) is 14.7. The van der Waals surface area contributed by atoms with Crippen molar-refractivity contribution in [3.05, 3.63) is 100 Å². The van der Waals surface area contributed by atoms with Crippen molar-refractivity contribution in [3.63, 3.8) is 0 Å². The lowest BCUT2D eigenvalue weighted by Crippen LogP contribution is -2.39. The first-order valence-electron chi connectivity index (χ1n) is 13.9. The van der Waals surface area contributed by atoms with Crippen molar-refractivity contribution in [2.24, 2.45) is 11.1 Å². The number of aromatic nitrogens is 2. The van der Waals surface area contributed by atoms with Crippen LogP contribution in [-0.4, -0.2) is 39.6 Å². The number of piperidine rings is 1. The number of aryl methyl sites for hydroxylation is 2. The lowest BCUT2D eigenvalue weighted by molar-refractivity contribution is -0.137. The highest BCUT2D eigenvalue weighted by Crippen LogP contribution is 2.34. The van der Waals surface area contributed by atoms with Crippen LogP contribution in [0.3, 0.4) is 0 Å². The fourth-order valence-electron chi connectivity index (χ4n) is 5.24. The van der Waals surface area contributed by atoms with Crippen molar-refractivity contribution >= 4 is 17.4 Å². The number of halogens is 5. The smallest absolute Gasteiger partial charge is 0.357 e. The number of hydrogen-bond donors (Lipinski definition) is 0. The molecule has 1 aliphatic heterocycles. The molecule has 0 bridgehead atoms. The van der Waals surface area contributed by atoms with Gasteiger partial charge in [-0.3, -0.25) is 4.79 Å². The molecule has 0 aliphatic carbocycles. The van der Waals surface area contributed by atoms with Crippen LogP contribution in [0.4, 0.5) is 22.0 Å². The van der Waals surface area contributed by atoms with Gasteiger partial charge in [-0.25, -0.2) is 18.7 Å². The standard InChI is InChI=1S/C32H33F5N4O2/c1-18(2)30(23-8-6-9-24(16-23)32(35,36)37)40-43-20(4)29-19(3)38-21(5)39-31(29)22-12-14-41(15-13-22)28(42)17-25-26(33)10-7-11-27(25)34/h6-11,16,18,22H,4,12-15,17H2,1-3,5H3/b40-30+. The Morgan fingerprint density at radius 3 is 2.30 bits per heavy atom. The minimum Gasteiger partial charge on any atom is -0.357 e. The van der Waals surface area contributed by atoms with E-state index in [0.29, 0.717) is 54.4 Å². The average Bonchev–Trinajstić information content (AvgIpc) is 2.94. The van der Waals surface area contributed by atoms with Gasteiger partial charge < -0.3 is 9.74 Å². The Balaban J connectivity index is 1.53. The second kappa shape index (κ2) is 13.0. The fraction of sp³-hybridized carbons (Fsp3) is 0.375. The minimum atomic E-state index is -4.50. The van der Waals surface area contributed by atoms with Crippen molar-refractivity contribution in [1.29, 1.82) is 0 Å². The molecule has 3 aromatic rings. The van der Waals surface area contributed by atoms with Crippen LogP contribution in [-0.2, 0) is 22.2 Å². The Morgan fingerprint density at radius 1 is 1.07 bits per heavy atom. The summed E-state index contributed by atoms with van der Waals surface area (Å²) in [5.41, 5.74) is 1.37. The first kappa shape index (κ1) is 31.8. The zero-order chi connectivity index (χ0) is 31.5. The monoisotopic (exact) mass is 600 g/mol. The first-order chi connectivity index (χ1) is 20.3. The van der Waals surface area contributed by atoms with E-state index in [4.69, 9.17) is 4.84 Å². The molecule has 0 atom stereocenters. The lowest BCUT2D eigenvalue weighted by Gasteiger charge is -2.33. The van der Waals surface area contributed by atoms with Gasteiger partial charge >= 0.3 is 6.18 Å². The molecule has 4 rings (SSSR count). The number of benzene rings is 2. The van der Waals surface area contributed by atoms with E-state index in [0.717, 1.165) is 24.3 Å². The van der Waals surface area contributed by atoms with Crippen LogP contribution < -0.4 is 0 Å². The van der Waals surface area contributed by atoms with Crippen molar-refractivity contribution in [1.82, 2.24) is 14.9 Å². The number of carbonyl (C=O) groups excluding carboxylic acids is 1. The summed E-state index contributed by atoms with van der Waals surface area (Å²) < 4.78 is 68.1. The molecule has 43 heavy (non-hydrogen) atoms. The van der Waals surface area contributed by atoms with E-state index in [1.807, 2.05) is 0 Å². The van der Waals surface area contributed by atoms with Crippen molar-refractivity contribution in [3.8, 4) is 0 Å². The predicted octanol–water partition coefficient (Wildman–Crippen LogP) is 7.39. The highest BCUT2D eigenvalue weighted by Gasteiger charge is 2.32. The molecule has 2 aromatic carbocycles. The van der Waals surface area contributed by atoms with Crippen LogP contribution in [0.2, 0.25) is 0 Å². The summed E-state index contributed by atoms with van der Waals surface area (Å²) in [6.07, 6.45) is -3.80. The van der Waals surface area contributed by atoms with Crippen LogP contribution in [0.25, 0.3) is 5.76 Å². The summed E-state index contributed by atoms with van der Waals surface area (Å²) in [5, 5.41) is 4.21. The molecule has 1 aliphatic rings. The van der Waals surface area contributed by atoms with Crippen LogP contribution in [0, 0.1) is 31.4 Å².